The zero-order valence-corrected chi connectivity index (χ0v) is 10.9. The van der Waals surface area contributed by atoms with Crippen molar-refractivity contribution in [2.45, 2.75) is 13.5 Å². The van der Waals surface area contributed by atoms with Crippen LogP contribution in [0.4, 0.5) is 0 Å². The molecule has 0 fully saturated rings. The van der Waals surface area contributed by atoms with Crippen LogP contribution in [0.1, 0.15) is 12.5 Å². The molecule has 0 atom stereocenters. The maximum absolute atomic E-state index is 11.8. The largest absolute Gasteiger partial charge is 0.457 e. The molecule has 0 spiro atoms. The van der Waals surface area contributed by atoms with Gasteiger partial charge in [0.1, 0.15) is 6.61 Å². The first-order chi connectivity index (χ1) is 8.16. The number of rotatable bonds is 3. The lowest BCUT2D eigenvalue weighted by atomic mass is 10.2. The van der Waals surface area contributed by atoms with Gasteiger partial charge in [0, 0.05) is 11.3 Å². The van der Waals surface area contributed by atoms with Crippen LogP contribution in [0.5, 0.6) is 0 Å². The number of thiocarbonyl (C=S) groups is 1. The van der Waals surface area contributed by atoms with E-state index in [1.54, 1.807) is 11.3 Å². The molecule has 1 aromatic rings. The topological polar surface area (TPSA) is 50.4 Å². The van der Waals surface area contributed by atoms with E-state index in [-0.39, 0.29) is 5.97 Å². The fourth-order valence-corrected chi connectivity index (χ4v) is 2.31. The molecule has 0 aliphatic carbocycles. The summed E-state index contributed by atoms with van der Waals surface area (Å²) in [6.45, 7) is 2.54. The first-order valence-electron chi connectivity index (χ1n) is 5.09. The number of thiophene rings is 1. The molecule has 90 valence electrons. The molecule has 1 aliphatic heterocycles. The van der Waals surface area contributed by atoms with E-state index < -0.39 is 0 Å². The molecule has 0 radical (unpaired) electrons. The number of carbonyl (C=O) groups is 1. The molecule has 0 saturated heterocycles. The highest BCUT2D eigenvalue weighted by atomic mass is 32.1. The van der Waals surface area contributed by atoms with Gasteiger partial charge in [0.15, 0.2) is 5.11 Å². The minimum atomic E-state index is -0.309. The Kier molecular flexibility index (Phi) is 3.75. The summed E-state index contributed by atoms with van der Waals surface area (Å²) in [4.78, 5) is 11.8. The van der Waals surface area contributed by atoms with E-state index in [4.69, 9.17) is 17.0 Å². The van der Waals surface area contributed by atoms with E-state index >= 15 is 0 Å². The number of nitrogens with one attached hydrogen (secondary N) is 2. The van der Waals surface area contributed by atoms with E-state index in [1.807, 2.05) is 23.8 Å². The Morgan fingerprint density at radius 3 is 3.12 bits per heavy atom. The maximum atomic E-state index is 11.8. The average molecular weight is 268 g/mol. The second kappa shape index (κ2) is 5.29. The highest BCUT2D eigenvalue weighted by Gasteiger charge is 2.19. The molecule has 17 heavy (non-hydrogen) atoms. The number of allylic oxidation sites excluding steroid dienone is 1. The van der Waals surface area contributed by atoms with E-state index in [9.17, 15) is 4.79 Å². The first-order valence-corrected chi connectivity index (χ1v) is 6.44. The molecule has 2 heterocycles. The normalized spacial score (nSPS) is 15.2. The van der Waals surface area contributed by atoms with Gasteiger partial charge in [-0.3, -0.25) is 0 Å². The van der Waals surface area contributed by atoms with Crippen LogP contribution in [0.15, 0.2) is 28.1 Å². The van der Waals surface area contributed by atoms with Gasteiger partial charge in [-0.15, -0.1) is 0 Å². The van der Waals surface area contributed by atoms with Crippen LogP contribution in [0.2, 0.25) is 0 Å². The van der Waals surface area contributed by atoms with Crippen molar-refractivity contribution in [3.8, 4) is 0 Å². The van der Waals surface area contributed by atoms with Crippen LogP contribution < -0.4 is 10.6 Å². The molecule has 0 aromatic carbocycles. The van der Waals surface area contributed by atoms with E-state index in [2.05, 4.69) is 10.6 Å². The molecule has 2 rings (SSSR count). The zero-order valence-electron chi connectivity index (χ0n) is 9.28. The van der Waals surface area contributed by atoms with E-state index in [1.165, 1.54) is 0 Å². The molecule has 0 unspecified atom stereocenters. The summed E-state index contributed by atoms with van der Waals surface area (Å²) >= 11 is 6.53. The molecule has 1 aliphatic rings. The zero-order chi connectivity index (χ0) is 12.3. The fourth-order valence-electron chi connectivity index (χ4n) is 1.43. The summed E-state index contributed by atoms with van der Waals surface area (Å²) in [5, 5.41) is 10.3. The Labute approximate surface area is 109 Å². The SMILES string of the molecule is CC1=C(C(=O)OCc2ccsc2)CNC(=S)N1. The van der Waals surface area contributed by atoms with Gasteiger partial charge in [-0.1, -0.05) is 0 Å². The minimum absolute atomic E-state index is 0.309. The van der Waals surface area contributed by atoms with Gasteiger partial charge in [-0.05, 0) is 36.0 Å². The fraction of sp³-hybridized carbons (Fsp3) is 0.273. The van der Waals surface area contributed by atoms with Crippen molar-refractivity contribution in [3.05, 3.63) is 33.7 Å². The van der Waals surface area contributed by atoms with Crippen LogP contribution >= 0.6 is 23.6 Å². The van der Waals surface area contributed by atoms with Gasteiger partial charge in [0.05, 0.1) is 12.1 Å². The quantitative estimate of drug-likeness (QED) is 0.643. The van der Waals surface area contributed by atoms with Gasteiger partial charge in [0.25, 0.3) is 0 Å². The van der Waals surface area contributed by atoms with Gasteiger partial charge < -0.3 is 15.4 Å². The molecule has 0 amide bonds. The Hall–Kier alpha value is -1.40. The number of ether oxygens (including phenoxy) is 1. The van der Waals surface area contributed by atoms with Gasteiger partial charge in [0.2, 0.25) is 0 Å². The van der Waals surface area contributed by atoms with Crippen molar-refractivity contribution in [2.24, 2.45) is 0 Å². The van der Waals surface area contributed by atoms with Gasteiger partial charge in [-0.2, -0.15) is 11.3 Å². The molecule has 4 nitrogen and oxygen atoms in total. The van der Waals surface area contributed by atoms with Gasteiger partial charge >= 0.3 is 5.97 Å². The number of esters is 1. The van der Waals surface area contributed by atoms with Crippen LogP contribution in [0.25, 0.3) is 0 Å². The summed E-state index contributed by atoms with van der Waals surface area (Å²) in [7, 11) is 0. The summed E-state index contributed by atoms with van der Waals surface area (Å²) in [6.07, 6.45) is 0. The lowest BCUT2D eigenvalue weighted by Gasteiger charge is -2.20. The van der Waals surface area contributed by atoms with E-state index in [0.29, 0.717) is 23.8 Å². The van der Waals surface area contributed by atoms with Crippen LogP contribution in [-0.4, -0.2) is 17.6 Å². The molecule has 6 heteroatoms. The predicted octanol–water partition coefficient (Wildman–Crippen LogP) is 1.54. The second-order valence-electron chi connectivity index (χ2n) is 3.62. The third-order valence-corrected chi connectivity index (χ3v) is 3.35. The number of hydrogen-bond acceptors (Lipinski definition) is 4. The third-order valence-electron chi connectivity index (χ3n) is 2.38. The van der Waals surface area contributed by atoms with Crippen molar-refractivity contribution in [1.29, 1.82) is 0 Å². The number of carbonyl (C=O) groups excluding carboxylic acids is 1. The first kappa shape index (κ1) is 12.1. The lowest BCUT2D eigenvalue weighted by molar-refractivity contribution is -0.140. The average Bonchev–Trinajstić information content (AvgIpc) is 2.78. The second-order valence-corrected chi connectivity index (χ2v) is 4.81. The Morgan fingerprint density at radius 1 is 1.65 bits per heavy atom. The van der Waals surface area contributed by atoms with Crippen molar-refractivity contribution in [2.75, 3.05) is 6.54 Å². The molecule has 0 saturated carbocycles. The molecule has 2 N–H and O–H groups in total. The predicted molar refractivity (Wildman–Crippen MR) is 70.6 cm³/mol. The Morgan fingerprint density at radius 2 is 2.47 bits per heavy atom. The standard InChI is InChI=1S/C11H12N2O2S2/c1-7-9(4-12-11(16)13-7)10(14)15-5-8-2-3-17-6-8/h2-3,6H,4-5H2,1H3,(H2,12,13,16). The molecule has 1 aromatic heterocycles. The maximum Gasteiger partial charge on any atom is 0.337 e. The Bertz CT molecular complexity index is 466. The number of hydrogen-bond donors (Lipinski definition) is 2. The summed E-state index contributed by atoms with van der Waals surface area (Å²) in [5.74, 6) is -0.309. The summed E-state index contributed by atoms with van der Waals surface area (Å²) in [6, 6.07) is 1.94. The molecular weight excluding hydrogens is 256 g/mol. The van der Waals surface area contributed by atoms with E-state index in [0.717, 1.165) is 11.3 Å². The van der Waals surface area contributed by atoms with Crippen molar-refractivity contribution in [3.63, 3.8) is 0 Å². The van der Waals surface area contributed by atoms with Crippen LogP contribution in [0, 0.1) is 0 Å². The monoisotopic (exact) mass is 268 g/mol. The summed E-state index contributed by atoms with van der Waals surface area (Å²) < 4.78 is 5.22. The van der Waals surface area contributed by atoms with Crippen molar-refractivity contribution < 1.29 is 9.53 Å². The van der Waals surface area contributed by atoms with Crippen molar-refractivity contribution in [1.82, 2.24) is 10.6 Å². The van der Waals surface area contributed by atoms with Gasteiger partial charge in [-0.25, -0.2) is 4.79 Å². The Balaban J connectivity index is 1.96. The lowest BCUT2D eigenvalue weighted by Crippen LogP contribution is -2.42. The van der Waals surface area contributed by atoms with Crippen LogP contribution in [0.3, 0.4) is 0 Å². The summed E-state index contributed by atoms with van der Waals surface area (Å²) in [5.41, 5.74) is 2.35. The van der Waals surface area contributed by atoms with Crippen LogP contribution in [-0.2, 0) is 16.1 Å². The molecule has 0 bridgehead atoms. The minimum Gasteiger partial charge on any atom is -0.457 e. The highest BCUT2D eigenvalue weighted by Crippen LogP contribution is 2.11. The molecular formula is C11H12N2O2S2. The van der Waals surface area contributed by atoms with Crippen molar-refractivity contribution >= 4 is 34.6 Å². The third kappa shape index (κ3) is 3.04. The highest BCUT2D eigenvalue weighted by molar-refractivity contribution is 7.80. The smallest absolute Gasteiger partial charge is 0.337 e.